The van der Waals surface area contributed by atoms with Crippen LogP contribution in [0.3, 0.4) is 0 Å². The predicted octanol–water partition coefficient (Wildman–Crippen LogP) is 1.94. The van der Waals surface area contributed by atoms with E-state index < -0.39 is 10.0 Å². The Balaban J connectivity index is 1.55. The maximum atomic E-state index is 13.3. The first kappa shape index (κ1) is 19.2. The van der Waals surface area contributed by atoms with Gasteiger partial charge in [-0.3, -0.25) is 4.90 Å². The number of nitrogens with zero attached hydrogens (tertiary/aromatic N) is 2. The lowest BCUT2D eigenvalue weighted by atomic mass is 10.2. The van der Waals surface area contributed by atoms with Crippen LogP contribution in [0.5, 0.6) is 11.5 Å². The van der Waals surface area contributed by atoms with E-state index in [-0.39, 0.29) is 13.3 Å². The van der Waals surface area contributed by atoms with Gasteiger partial charge in [0.2, 0.25) is 16.8 Å². The first-order valence-electron chi connectivity index (χ1n) is 9.37. The average molecular weight is 404 g/mol. The highest BCUT2D eigenvalue weighted by molar-refractivity contribution is 7.89. The molecule has 0 unspecified atom stereocenters. The molecule has 0 bridgehead atoms. The van der Waals surface area contributed by atoms with Gasteiger partial charge in [-0.1, -0.05) is 24.3 Å². The highest BCUT2D eigenvalue weighted by Crippen LogP contribution is 2.33. The molecule has 4 rings (SSSR count). The van der Waals surface area contributed by atoms with Gasteiger partial charge in [0.05, 0.1) is 18.1 Å². The molecular formula is C20H24N2O5S. The monoisotopic (exact) mass is 404 g/mol. The topological polar surface area (TPSA) is 68.3 Å². The van der Waals surface area contributed by atoms with Crippen LogP contribution in [0.25, 0.3) is 0 Å². The largest absolute Gasteiger partial charge is 0.454 e. The molecule has 2 aliphatic rings. The number of ether oxygens (including phenoxy) is 3. The van der Waals surface area contributed by atoms with E-state index in [9.17, 15) is 8.42 Å². The standard InChI is InChI=1S/C20H24N2O5S/c23-28(24,18-4-2-1-3-5-18)22(9-8-21-10-12-25-13-11-21)15-17-6-7-19-20(14-17)27-16-26-19/h1-7,14H,8-13,15-16H2. The number of hydrogen-bond acceptors (Lipinski definition) is 6. The van der Waals surface area contributed by atoms with Crippen LogP contribution in [0, 0.1) is 0 Å². The Hall–Kier alpha value is -2.13. The Morgan fingerprint density at radius 1 is 0.964 bits per heavy atom. The van der Waals surface area contributed by atoms with Crippen LogP contribution in [0.1, 0.15) is 5.56 Å². The molecule has 0 aromatic heterocycles. The summed E-state index contributed by atoms with van der Waals surface area (Å²) in [5.74, 6) is 1.34. The summed E-state index contributed by atoms with van der Waals surface area (Å²) >= 11 is 0. The van der Waals surface area contributed by atoms with Crippen LogP contribution < -0.4 is 9.47 Å². The van der Waals surface area contributed by atoms with Gasteiger partial charge in [0.25, 0.3) is 0 Å². The second-order valence-electron chi connectivity index (χ2n) is 6.79. The summed E-state index contributed by atoms with van der Waals surface area (Å²) in [6, 6.07) is 14.1. The number of hydrogen-bond donors (Lipinski definition) is 0. The van der Waals surface area contributed by atoms with Gasteiger partial charge >= 0.3 is 0 Å². The van der Waals surface area contributed by atoms with E-state index in [1.54, 1.807) is 24.3 Å². The van der Waals surface area contributed by atoms with E-state index in [0.717, 1.165) is 18.7 Å². The number of fused-ring (bicyclic) bond motifs is 1. The van der Waals surface area contributed by atoms with Crippen LogP contribution in [-0.4, -0.2) is 63.8 Å². The Labute approximate surface area is 165 Å². The lowest BCUT2D eigenvalue weighted by Crippen LogP contribution is -2.42. The molecule has 0 spiro atoms. The van der Waals surface area contributed by atoms with Gasteiger partial charge < -0.3 is 14.2 Å². The predicted molar refractivity (Wildman–Crippen MR) is 104 cm³/mol. The summed E-state index contributed by atoms with van der Waals surface area (Å²) in [5, 5.41) is 0. The van der Waals surface area contributed by atoms with Gasteiger partial charge in [-0.25, -0.2) is 8.42 Å². The van der Waals surface area contributed by atoms with Gasteiger partial charge in [0.15, 0.2) is 11.5 Å². The van der Waals surface area contributed by atoms with Crippen LogP contribution in [0.4, 0.5) is 0 Å². The number of sulfonamides is 1. The van der Waals surface area contributed by atoms with Crippen molar-refractivity contribution in [3.05, 3.63) is 54.1 Å². The first-order valence-corrected chi connectivity index (χ1v) is 10.8. The Kier molecular flexibility index (Phi) is 5.82. The van der Waals surface area contributed by atoms with Crippen molar-refractivity contribution in [1.29, 1.82) is 0 Å². The van der Waals surface area contributed by atoms with Crippen molar-refractivity contribution in [2.75, 3.05) is 46.2 Å². The minimum Gasteiger partial charge on any atom is -0.454 e. The zero-order valence-electron chi connectivity index (χ0n) is 15.6. The third-order valence-electron chi connectivity index (χ3n) is 4.95. The second-order valence-corrected chi connectivity index (χ2v) is 8.73. The molecular weight excluding hydrogens is 380 g/mol. The minimum absolute atomic E-state index is 0.196. The second kappa shape index (κ2) is 8.48. The number of benzene rings is 2. The van der Waals surface area contributed by atoms with Gasteiger partial charge in [-0.2, -0.15) is 4.31 Å². The van der Waals surface area contributed by atoms with E-state index in [2.05, 4.69) is 4.90 Å². The molecule has 0 radical (unpaired) electrons. The van der Waals surface area contributed by atoms with Crippen molar-refractivity contribution in [3.8, 4) is 11.5 Å². The van der Waals surface area contributed by atoms with Crippen molar-refractivity contribution < 1.29 is 22.6 Å². The van der Waals surface area contributed by atoms with E-state index in [1.807, 2.05) is 24.3 Å². The molecule has 1 fully saturated rings. The SMILES string of the molecule is O=S(=O)(c1ccccc1)N(CCN1CCOCC1)Cc1ccc2c(c1)OCO2. The molecule has 0 N–H and O–H groups in total. The molecule has 2 aromatic carbocycles. The fraction of sp³-hybridized carbons (Fsp3) is 0.400. The molecule has 2 heterocycles. The van der Waals surface area contributed by atoms with Gasteiger partial charge in [-0.15, -0.1) is 0 Å². The molecule has 1 saturated heterocycles. The normalized spacial score (nSPS) is 17.2. The molecule has 2 aliphatic heterocycles. The van der Waals surface area contributed by atoms with Crippen molar-refractivity contribution in [3.63, 3.8) is 0 Å². The lowest BCUT2D eigenvalue weighted by molar-refractivity contribution is 0.0361. The van der Waals surface area contributed by atoms with Crippen molar-refractivity contribution in [2.45, 2.75) is 11.4 Å². The number of rotatable bonds is 7. The van der Waals surface area contributed by atoms with Crippen molar-refractivity contribution >= 4 is 10.0 Å². The van der Waals surface area contributed by atoms with Crippen molar-refractivity contribution in [2.24, 2.45) is 0 Å². The Morgan fingerprint density at radius 2 is 1.71 bits per heavy atom. The molecule has 0 saturated carbocycles. The average Bonchev–Trinajstić information content (AvgIpc) is 3.20. The number of morpholine rings is 1. The third-order valence-corrected chi connectivity index (χ3v) is 6.81. The zero-order valence-corrected chi connectivity index (χ0v) is 16.4. The third kappa shape index (κ3) is 4.30. The van der Waals surface area contributed by atoms with E-state index in [1.165, 1.54) is 4.31 Å². The fourth-order valence-electron chi connectivity index (χ4n) is 3.35. The summed E-state index contributed by atoms with van der Waals surface area (Å²) in [5.41, 5.74) is 0.866. The molecule has 0 amide bonds. The van der Waals surface area contributed by atoms with E-state index in [0.29, 0.717) is 42.7 Å². The summed E-state index contributed by atoms with van der Waals surface area (Å²) in [4.78, 5) is 2.54. The quantitative estimate of drug-likeness (QED) is 0.703. The minimum atomic E-state index is -3.61. The summed E-state index contributed by atoms with van der Waals surface area (Å²) < 4.78 is 44.2. The van der Waals surface area contributed by atoms with Crippen LogP contribution in [-0.2, 0) is 21.3 Å². The van der Waals surface area contributed by atoms with Crippen LogP contribution in [0.2, 0.25) is 0 Å². The van der Waals surface area contributed by atoms with E-state index >= 15 is 0 Å². The van der Waals surface area contributed by atoms with Gasteiger partial charge in [-0.05, 0) is 29.8 Å². The summed E-state index contributed by atoms with van der Waals surface area (Å²) in [7, 11) is -3.61. The molecule has 0 aliphatic carbocycles. The van der Waals surface area contributed by atoms with Gasteiger partial charge in [0, 0.05) is 32.7 Å². The van der Waals surface area contributed by atoms with E-state index in [4.69, 9.17) is 14.2 Å². The lowest BCUT2D eigenvalue weighted by Gasteiger charge is -2.29. The van der Waals surface area contributed by atoms with Crippen LogP contribution in [0.15, 0.2) is 53.4 Å². The highest BCUT2D eigenvalue weighted by Gasteiger charge is 2.26. The maximum absolute atomic E-state index is 13.3. The zero-order chi connectivity index (χ0) is 19.4. The highest BCUT2D eigenvalue weighted by atomic mass is 32.2. The molecule has 2 aromatic rings. The maximum Gasteiger partial charge on any atom is 0.243 e. The molecule has 150 valence electrons. The summed E-state index contributed by atoms with van der Waals surface area (Å²) in [6.45, 7) is 4.57. The molecule has 8 heteroatoms. The summed E-state index contributed by atoms with van der Waals surface area (Å²) in [6.07, 6.45) is 0. The molecule has 0 atom stereocenters. The molecule has 7 nitrogen and oxygen atoms in total. The molecule has 28 heavy (non-hydrogen) atoms. The van der Waals surface area contributed by atoms with Crippen molar-refractivity contribution in [1.82, 2.24) is 9.21 Å². The fourth-order valence-corrected chi connectivity index (χ4v) is 4.79. The Bertz CT molecular complexity index is 898. The van der Waals surface area contributed by atoms with Gasteiger partial charge in [0.1, 0.15) is 0 Å². The Morgan fingerprint density at radius 3 is 2.50 bits per heavy atom. The van der Waals surface area contributed by atoms with Crippen LogP contribution >= 0.6 is 0 Å². The smallest absolute Gasteiger partial charge is 0.243 e. The first-order chi connectivity index (χ1) is 13.6.